The summed E-state index contributed by atoms with van der Waals surface area (Å²) >= 11 is 12.8. The molecule has 2 aliphatic carbocycles. The molecular weight excluding hydrogens is 773 g/mol. The molecule has 294 valence electrons. The number of aromatic hydroxyl groups is 2. The summed E-state index contributed by atoms with van der Waals surface area (Å²) in [7, 11) is 4.33. The highest BCUT2D eigenvalue weighted by Crippen LogP contribution is 2.65. The highest BCUT2D eigenvalue weighted by molar-refractivity contribution is 6.36. The Morgan fingerprint density at radius 1 is 0.807 bits per heavy atom. The molecule has 0 aromatic heterocycles. The summed E-state index contributed by atoms with van der Waals surface area (Å²) in [4.78, 5) is 60.5. The zero-order valence-electron chi connectivity index (χ0n) is 31.2. The van der Waals surface area contributed by atoms with Gasteiger partial charge < -0.3 is 24.4 Å². The van der Waals surface area contributed by atoms with Gasteiger partial charge in [0.1, 0.15) is 11.5 Å². The fourth-order valence-electron chi connectivity index (χ4n) is 9.49. The van der Waals surface area contributed by atoms with Crippen LogP contribution in [0.1, 0.15) is 35.4 Å². The van der Waals surface area contributed by atoms with Crippen molar-refractivity contribution in [2.24, 2.45) is 23.7 Å². The number of hydrogen-bond acceptors (Lipinski definition) is 10. The van der Waals surface area contributed by atoms with Gasteiger partial charge in [0.2, 0.25) is 17.6 Å². The van der Waals surface area contributed by atoms with E-state index in [1.165, 1.54) is 32.3 Å². The molecule has 14 heteroatoms. The number of phenolic OH excluding ortho intramolecular Hbond substituents is 2. The van der Waals surface area contributed by atoms with E-state index in [4.69, 9.17) is 37.4 Å². The maximum Gasteiger partial charge on any atom is 0.260 e. The molecule has 0 bridgehead atoms. The topological polar surface area (TPSA) is 155 Å². The van der Waals surface area contributed by atoms with Crippen molar-refractivity contribution in [2.45, 2.75) is 30.6 Å². The minimum Gasteiger partial charge on any atom is -0.508 e. The monoisotopic (exact) mass is 811 g/mol. The van der Waals surface area contributed by atoms with Gasteiger partial charge in [0.25, 0.3) is 11.8 Å². The normalized spacial score (nSPS) is 25.1. The van der Waals surface area contributed by atoms with Crippen LogP contribution in [0.2, 0.25) is 10.0 Å². The SMILES string of the molecule is COc1ccc([C@@]23C(=O)N(Nc4ccc(Cl)cc4Cl)C(=O)[C@@H]2C[C@@H]2C(=CC[C@@H]4C(=O)N(CCc5ccc(O)cc5)C(=O)[C@@H]42)[C@@H]3c2cc(OC)c(O)c(OC)c2)cc1. The Hall–Kier alpha value is -5.72. The van der Waals surface area contributed by atoms with E-state index >= 15 is 9.59 Å². The predicted octanol–water partition coefficient (Wildman–Crippen LogP) is 6.66. The number of phenols is 2. The van der Waals surface area contributed by atoms with Crippen molar-refractivity contribution in [2.75, 3.05) is 33.3 Å². The molecule has 4 aromatic carbocycles. The number of hydrazine groups is 1. The van der Waals surface area contributed by atoms with Gasteiger partial charge in [-0.1, -0.05) is 59.1 Å². The largest absolute Gasteiger partial charge is 0.508 e. The van der Waals surface area contributed by atoms with Crippen LogP contribution in [0.5, 0.6) is 28.7 Å². The summed E-state index contributed by atoms with van der Waals surface area (Å²) in [6, 6.07) is 21.5. The Morgan fingerprint density at radius 3 is 2.12 bits per heavy atom. The van der Waals surface area contributed by atoms with E-state index in [-0.39, 0.29) is 64.9 Å². The van der Waals surface area contributed by atoms with Crippen LogP contribution >= 0.6 is 23.2 Å². The zero-order valence-corrected chi connectivity index (χ0v) is 32.7. The lowest BCUT2D eigenvalue weighted by Crippen LogP contribution is -2.53. The molecule has 6 atom stereocenters. The van der Waals surface area contributed by atoms with Crippen LogP contribution in [0, 0.1) is 23.7 Å². The molecule has 57 heavy (non-hydrogen) atoms. The number of carbonyl (C=O) groups is 4. The zero-order chi connectivity index (χ0) is 40.3. The van der Waals surface area contributed by atoms with Gasteiger partial charge in [0.15, 0.2) is 11.5 Å². The molecule has 3 fully saturated rings. The van der Waals surface area contributed by atoms with Crippen LogP contribution in [0.15, 0.2) is 90.5 Å². The number of ether oxygens (including phenoxy) is 3. The standard InChI is InChI=1S/C43H39Cl2N3O9/c1-55-27-11-6-24(7-12-27)43-31(40(52)48(42(43)54)46-33-15-8-25(44)20-32(33)45)21-30-28(37(43)23-18-34(56-2)38(50)35(19-23)57-3)13-14-29-36(30)41(53)47(39(29)51)17-16-22-4-9-26(49)10-5-22/h4-13,15,18-20,29-31,36-37,46,49-50H,14,16-17,21H2,1-3H3/t29-,30+,31-,36-,37-,43+/m0/s1. The van der Waals surface area contributed by atoms with Gasteiger partial charge in [-0.3, -0.25) is 29.5 Å². The fourth-order valence-corrected chi connectivity index (χ4v) is 9.94. The van der Waals surface area contributed by atoms with E-state index in [0.717, 1.165) is 10.6 Å². The van der Waals surface area contributed by atoms with Crippen molar-refractivity contribution in [1.29, 1.82) is 0 Å². The summed E-state index contributed by atoms with van der Waals surface area (Å²) in [5.74, 6) is -5.26. The third-order valence-electron chi connectivity index (χ3n) is 12.1. The first kappa shape index (κ1) is 38.2. The van der Waals surface area contributed by atoms with Crippen LogP contribution in [0.25, 0.3) is 0 Å². The lowest BCUT2D eigenvalue weighted by molar-refractivity contribution is -0.141. The van der Waals surface area contributed by atoms with E-state index in [1.54, 1.807) is 72.8 Å². The molecule has 12 nitrogen and oxygen atoms in total. The van der Waals surface area contributed by atoms with Crippen LogP contribution in [-0.4, -0.2) is 71.6 Å². The summed E-state index contributed by atoms with van der Waals surface area (Å²) < 4.78 is 16.7. The number of likely N-dealkylation sites (tertiary alicyclic amines) is 1. The van der Waals surface area contributed by atoms with E-state index in [0.29, 0.717) is 33.9 Å². The number of allylic oxidation sites excluding steroid dienone is 2. The van der Waals surface area contributed by atoms with Gasteiger partial charge in [-0.15, -0.1) is 0 Å². The average Bonchev–Trinajstić information content (AvgIpc) is 3.58. The number of amides is 4. The Labute approximate surface area is 338 Å². The van der Waals surface area contributed by atoms with Crippen molar-refractivity contribution >= 4 is 52.5 Å². The van der Waals surface area contributed by atoms with Crippen molar-refractivity contribution in [3.8, 4) is 28.7 Å². The number of anilines is 1. The number of halogens is 2. The second-order valence-electron chi connectivity index (χ2n) is 14.7. The van der Waals surface area contributed by atoms with Crippen molar-refractivity contribution in [1.82, 2.24) is 9.91 Å². The van der Waals surface area contributed by atoms with Gasteiger partial charge in [0, 0.05) is 17.5 Å². The Bertz CT molecular complexity index is 2310. The molecule has 0 spiro atoms. The molecule has 2 aliphatic heterocycles. The van der Waals surface area contributed by atoms with E-state index in [9.17, 15) is 19.8 Å². The Morgan fingerprint density at radius 2 is 1.49 bits per heavy atom. The maximum atomic E-state index is 15.5. The molecule has 4 amide bonds. The van der Waals surface area contributed by atoms with E-state index in [1.807, 2.05) is 6.08 Å². The number of nitrogens with one attached hydrogen (secondary N) is 1. The predicted molar refractivity (Wildman–Crippen MR) is 210 cm³/mol. The van der Waals surface area contributed by atoms with Crippen LogP contribution in [0.4, 0.5) is 5.69 Å². The number of imide groups is 2. The molecule has 2 heterocycles. The molecule has 4 aromatic rings. The van der Waals surface area contributed by atoms with Crippen LogP contribution < -0.4 is 19.6 Å². The van der Waals surface area contributed by atoms with Gasteiger partial charge in [-0.05, 0) is 96.5 Å². The number of methoxy groups -OCH3 is 3. The Balaban J connectivity index is 1.30. The summed E-state index contributed by atoms with van der Waals surface area (Å²) in [5.41, 5.74) is 4.20. The Kier molecular flexibility index (Phi) is 9.81. The quantitative estimate of drug-likeness (QED) is 0.117. The van der Waals surface area contributed by atoms with E-state index in [2.05, 4.69) is 5.43 Å². The molecule has 1 saturated carbocycles. The molecular formula is C43H39Cl2N3O9. The highest BCUT2D eigenvalue weighted by Gasteiger charge is 2.70. The van der Waals surface area contributed by atoms with E-state index < -0.39 is 46.8 Å². The smallest absolute Gasteiger partial charge is 0.260 e. The number of hydrogen-bond donors (Lipinski definition) is 3. The number of benzene rings is 4. The highest BCUT2D eigenvalue weighted by atomic mass is 35.5. The number of carbonyl (C=O) groups excluding carboxylic acids is 4. The third kappa shape index (κ3) is 6.04. The first-order valence-electron chi connectivity index (χ1n) is 18.4. The van der Waals surface area contributed by atoms with Gasteiger partial charge in [0.05, 0.1) is 55.2 Å². The number of nitrogens with zero attached hydrogens (tertiary/aromatic N) is 2. The van der Waals surface area contributed by atoms with Crippen molar-refractivity contribution < 1.29 is 43.6 Å². The van der Waals surface area contributed by atoms with Gasteiger partial charge in [-0.2, -0.15) is 5.01 Å². The minimum atomic E-state index is -1.62. The minimum absolute atomic E-state index is 0.0732. The van der Waals surface area contributed by atoms with Crippen LogP contribution in [0.3, 0.4) is 0 Å². The first-order valence-corrected chi connectivity index (χ1v) is 19.2. The molecule has 3 N–H and O–H groups in total. The summed E-state index contributed by atoms with van der Waals surface area (Å²) in [6.07, 6.45) is 2.64. The second-order valence-corrected chi connectivity index (χ2v) is 15.6. The third-order valence-corrected chi connectivity index (χ3v) is 12.6. The van der Waals surface area contributed by atoms with Crippen molar-refractivity contribution in [3.05, 3.63) is 117 Å². The van der Waals surface area contributed by atoms with Gasteiger partial charge in [-0.25, -0.2) is 0 Å². The van der Waals surface area contributed by atoms with Crippen molar-refractivity contribution in [3.63, 3.8) is 0 Å². The second kappa shape index (κ2) is 14.7. The molecule has 0 radical (unpaired) electrons. The van der Waals surface area contributed by atoms with Crippen LogP contribution in [-0.2, 0) is 31.0 Å². The fraction of sp³-hybridized carbons (Fsp3) is 0.302. The molecule has 4 aliphatic rings. The summed E-state index contributed by atoms with van der Waals surface area (Å²) in [5, 5.41) is 22.3. The average molecular weight is 813 g/mol. The number of rotatable bonds is 10. The van der Waals surface area contributed by atoms with Gasteiger partial charge >= 0.3 is 0 Å². The molecule has 8 rings (SSSR count). The number of fused-ring (bicyclic) bond motifs is 4. The molecule has 2 saturated heterocycles. The first-order chi connectivity index (χ1) is 27.4. The lowest BCUT2D eigenvalue weighted by Gasteiger charge is -2.50. The maximum absolute atomic E-state index is 15.5. The summed E-state index contributed by atoms with van der Waals surface area (Å²) in [6.45, 7) is 0.142. The molecule has 0 unspecified atom stereocenters. The lowest BCUT2D eigenvalue weighted by atomic mass is 9.49.